The van der Waals surface area contributed by atoms with Crippen LogP contribution < -0.4 is 14.2 Å². The van der Waals surface area contributed by atoms with Crippen LogP contribution in [0.5, 0.6) is 11.5 Å². The summed E-state index contributed by atoms with van der Waals surface area (Å²) < 4.78 is 73.9. The number of hydrogen-bond donors (Lipinski definition) is 1. The zero-order valence-electron chi connectivity index (χ0n) is 12.8. The maximum atomic E-state index is 13.1. The van der Waals surface area contributed by atoms with Crippen LogP contribution in [0.1, 0.15) is 5.56 Å². The number of rotatable bonds is 7. The molecule has 0 aliphatic carbocycles. The van der Waals surface area contributed by atoms with Crippen LogP contribution in [0.4, 0.5) is 13.2 Å². The van der Waals surface area contributed by atoms with Crippen LogP contribution in [0.3, 0.4) is 0 Å². The lowest BCUT2D eigenvalue weighted by atomic mass is 10.2. The van der Waals surface area contributed by atoms with E-state index in [0.29, 0.717) is 5.56 Å². The Labute approximate surface area is 150 Å². The molecule has 0 aliphatic heterocycles. The van der Waals surface area contributed by atoms with Gasteiger partial charge in [-0.25, -0.2) is 17.5 Å². The van der Waals surface area contributed by atoms with E-state index < -0.39 is 22.5 Å². The lowest BCUT2D eigenvalue weighted by molar-refractivity contribution is -0.0512. The fourth-order valence-electron chi connectivity index (χ4n) is 1.96. The Morgan fingerprint density at radius 1 is 1.16 bits per heavy atom. The van der Waals surface area contributed by atoms with Crippen LogP contribution >= 0.6 is 15.9 Å². The topological polar surface area (TPSA) is 64.6 Å². The highest BCUT2D eigenvalue weighted by molar-refractivity contribution is 9.10. The molecule has 0 bridgehead atoms. The van der Waals surface area contributed by atoms with Gasteiger partial charge in [0.05, 0.1) is 12.0 Å². The summed E-state index contributed by atoms with van der Waals surface area (Å²) in [5.74, 6) is -0.699. The van der Waals surface area contributed by atoms with E-state index in [1.807, 2.05) is 0 Å². The highest BCUT2D eigenvalue weighted by atomic mass is 79.9. The molecule has 136 valence electrons. The molecule has 0 radical (unpaired) electrons. The fourth-order valence-corrected chi connectivity index (χ4v) is 4.03. The molecule has 25 heavy (non-hydrogen) atoms. The monoisotopic (exact) mass is 439 g/mol. The van der Waals surface area contributed by atoms with Crippen LogP contribution in [0.2, 0.25) is 0 Å². The van der Waals surface area contributed by atoms with Crippen molar-refractivity contribution in [2.45, 2.75) is 18.1 Å². The maximum absolute atomic E-state index is 13.1. The molecule has 0 atom stereocenters. The summed E-state index contributed by atoms with van der Waals surface area (Å²) in [5.41, 5.74) is 0.459. The van der Waals surface area contributed by atoms with E-state index in [4.69, 9.17) is 4.74 Å². The number of alkyl halides is 2. The van der Waals surface area contributed by atoms with E-state index in [-0.39, 0.29) is 27.4 Å². The molecule has 0 amide bonds. The van der Waals surface area contributed by atoms with Gasteiger partial charge in [0.1, 0.15) is 5.82 Å². The smallest absolute Gasteiger partial charge is 0.387 e. The summed E-state index contributed by atoms with van der Waals surface area (Å²) in [6.45, 7) is -3.13. The van der Waals surface area contributed by atoms with Gasteiger partial charge in [-0.15, -0.1) is 0 Å². The van der Waals surface area contributed by atoms with Crippen LogP contribution in [0, 0.1) is 5.82 Å². The molecule has 2 aromatic carbocycles. The van der Waals surface area contributed by atoms with Crippen molar-refractivity contribution in [2.75, 3.05) is 7.11 Å². The second-order valence-corrected chi connectivity index (χ2v) is 7.35. The van der Waals surface area contributed by atoms with Crippen LogP contribution in [-0.2, 0) is 16.6 Å². The van der Waals surface area contributed by atoms with E-state index in [1.165, 1.54) is 25.3 Å². The molecule has 0 aliphatic rings. The maximum Gasteiger partial charge on any atom is 0.387 e. The molecule has 2 aromatic rings. The highest BCUT2D eigenvalue weighted by Crippen LogP contribution is 2.29. The number of benzene rings is 2. The van der Waals surface area contributed by atoms with Crippen molar-refractivity contribution < 1.29 is 31.1 Å². The fraction of sp³-hybridized carbons (Fsp3) is 0.200. The van der Waals surface area contributed by atoms with Crippen molar-refractivity contribution >= 4 is 26.0 Å². The Hall–Kier alpha value is -1.78. The number of sulfonamides is 1. The summed E-state index contributed by atoms with van der Waals surface area (Å²) >= 11 is 3.00. The van der Waals surface area contributed by atoms with Crippen molar-refractivity contribution in [3.63, 3.8) is 0 Å². The van der Waals surface area contributed by atoms with Gasteiger partial charge in [0.25, 0.3) is 0 Å². The van der Waals surface area contributed by atoms with Crippen LogP contribution in [0.15, 0.2) is 45.8 Å². The number of nitrogens with one attached hydrogen (secondary N) is 1. The highest BCUT2D eigenvalue weighted by Gasteiger charge is 2.18. The third kappa shape index (κ3) is 5.10. The minimum Gasteiger partial charge on any atom is -0.493 e. The molecule has 0 heterocycles. The van der Waals surface area contributed by atoms with E-state index in [0.717, 1.165) is 18.2 Å². The largest absolute Gasteiger partial charge is 0.493 e. The van der Waals surface area contributed by atoms with Gasteiger partial charge in [-0.2, -0.15) is 8.78 Å². The molecular formula is C15H13BrF3NO4S. The van der Waals surface area contributed by atoms with Crippen LogP contribution in [0.25, 0.3) is 0 Å². The minimum absolute atomic E-state index is 0.0416. The van der Waals surface area contributed by atoms with Gasteiger partial charge >= 0.3 is 6.61 Å². The average Bonchev–Trinajstić information content (AvgIpc) is 2.53. The van der Waals surface area contributed by atoms with Gasteiger partial charge in [-0.1, -0.05) is 6.07 Å². The first kappa shape index (κ1) is 19.5. The molecule has 0 aromatic heterocycles. The van der Waals surface area contributed by atoms with Gasteiger partial charge < -0.3 is 9.47 Å². The third-order valence-corrected chi connectivity index (χ3v) is 5.47. The minimum atomic E-state index is -3.91. The molecule has 2 rings (SSSR count). The molecule has 0 fully saturated rings. The quantitative estimate of drug-likeness (QED) is 0.714. The Morgan fingerprint density at radius 3 is 2.48 bits per heavy atom. The number of halogens is 4. The van der Waals surface area contributed by atoms with Crippen molar-refractivity contribution in [3.8, 4) is 11.5 Å². The molecule has 5 nitrogen and oxygen atoms in total. The van der Waals surface area contributed by atoms with Crippen molar-refractivity contribution in [2.24, 2.45) is 0 Å². The molecule has 0 spiro atoms. The van der Waals surface area contributed by atoms with Gasteiger partial charge in [-0.3, -0.25) is 0 Å². The average molecular weight is 440 g/mol. The molecule has 10 heteroatoms. The first-order valence-corrected chi connectivity index (χ1v) is 9.07. The summed E-state index contributed by atoms with van der Waals surface area (Å²) in [6.07, 6.45) is 0. The summed E-state index contributed by atoms with van der Waals surface area (Å²) in [5, 5.41) is 0. The summed E-state index contributed by atoms with van der Waals surface area (Å²) in [7, 11) is -2.64. The molecule has 0 unspecified atom stereocenters. The Morgan fingerprint density at radius 2 is 1.88 bits per heavy atom. The van der Waals surface area contributed by atoms with E-state index in [9.17, 15) is 21.6 Å². The zero-order chi connectivity index (χ0) is 18.6. The number of methoxy groups -OCH3 is 1. The number of ether oxygens (including phenoxy) is 2. The normalized spacial score (nSPS) is 11.6. The summed E-state index contributed by atoms with van der Waals surface area (Å²) in [4.78, 5) is -0.126. The standard InChI is InChI=1S/C15H13BrF3NO4S/c1-23-13-6-9(2-4-12(13)24-15(18)19)8-20-25(21,22)14-5-3-10(17)7-11(14)16/h2-7,15,20H,8H2,1H3. The van der Waals surface area contributed by atoms with Crippen LogP contribution in [-0.4, -0.2) is 22.1 Å². The van der Waals surface area contributed by atoms with Gasteiger partial charge in [0.15, 0.2) is 11.5 Å². The lowest BCUT2D eigenvalue weighted by Crippen LogP contribution is -2.23. The SMILES string of the molecule is COc1cc(CNS(=O)(=O)c2ccc(F)cc2Br)ccc1OC(F)F. The predicted octanol–water partition coefficient (Wildman–Crippen LogP) is 3.68. The second kappa shape index (κ2) is 8.07. The molecule has 1 N–H and O–H groups in total. The zero-order valence-corrected chi connectivity index (χ0v) is 15.2. The molecule has 0 saturated heterocycles. The van der Waals surface area contributed by atoms with Gasteiger partial charge in [0, 0.05) is 11.0 Å². The van der Waals surface area contributed by atoms with Gasteiger partial charge in [0.2, 0.25) is 10.0 Å². The lowest BCUT2D eigenvalue weighted by Gasteiger charge is -2.12. The van der Waals surface area contributed by atoms with Crippen molar-refractivity contribution in [1.29, 1.82) is 0 Å². The van der Waals surface area contributed by atoms with E-state index in [2.05, 4.69) is 25.4 Å². The Kier molecular flexibility index (Phi) is 6.31. The van der Waals surface area contributed by atoms with E-state index >= 15 is 0 Å². The first-order chi connectivity index (χ1) is 11.7. The number of hydrogen-bond acceptors (Lipinski definition) is 4. The second-order valence-electron chi connectivity index (χ2n) is 4.76. The Bertz CT molecular complexity index is 862. The van der Waals surface area contributed by atoms with Crippen molar-refractivity contribution in [3.05, 3.63) is 52.3 Å². The first-order valence-electron chi connectivity index (χ1n) is 6.79. The Balaban J connectivity index is 2.17. The third-order valence-electron chi connectivity index (χ3n) is 3.09. The van der Waals surface area contributed by atoms with E-state index in [1.54, 1.807) is 0 Å². The predicted molar refractivity (Wildman–Crippen MR) is 87.8 cm³/mol. The van der Waals surface area contributed by atoms with Crippen molar-refractivity contribution in [1.82, 2.24) is 4.72 Å². The molecular weight excluding hydrogens is 427 g/mol. The molecule has 0 saturated carbocycles. The van der Waals surface area contributed by atoms with Gasteiger partial charge in [-0.05, 0) is 51.8 Å². The summed E-state index contributed by atoms with van der Waals surface area (Å²) in [6, 6.07) is 7.24.